The van der Waals surface area contributed by atoms with Gasteiger partial charge in [-0.05, 0) is 0 Å². The maximum Gasteiger partial charge on any atom is 0.168 e. The lowest BCUT2D eigenvalue weighted by molar-refractivity contribution is -0.0351. The van der Waals surface area contributed by atoms with Gasteiger partial charge in [0.25, 0.3) is 0 Å². The molecular weight excluding hydrogens is 265 g/mol. The number of fused-ring (bicyclic) bond motifs is 3. The number of ether oxygens (including phenoxy) is 1. The zero-order chi connectivity index (χ0) is 13.7. The molecule has 3 aromatic heterocycles. The molecule has 8 heteroatoms. The molecule has 0 radical (unpaired) electrons. The molecule has 20 heavy (non-hydrogen) atoms. The molecule has 0 saturated carbocycles. The van der Waals surface area contributed by atoms with E-state index in [-0.39, 0.29) is 13.0 Å². The summed E-state index contributed by atoms with van der Waals surface area (Å²) in [6.07, 6.45) is 4.23. The molecule has 1 N–H and O–H groups in total. The Morgan fingerprint density at radius 2 is 2.20 bits per heavy atom. The molecule has 0 spiro atoms. The van der Waals surface area contributed by atoms with Crippen LogP contribution in [-0.2, 0) is 4.74 Å². The van der Waals surface area contributed by atoms with Crippen molar-refractivity contribution in [1.29, 1.82) is 0 Å². The van der Waals surface area contributed by atoms with Crippen molar-refractivity contribution in [2.24, 2.45) is 0 Å². The van der Waals surface area contributed by atoms with Gasteiger partial charge in [0.15, 0.2) is 23.0 Å². The van der Waals surface area contributed by atoms with Gasteiger partial charge in [0, 0.05) is 18.8 Å². The van der Waals surface area contributed by atoms with Crippen LogP contribution in [0, 0.1) is 0 Å². The molecule has 0 amide bonds. The van der Waals surface area contributed by atoms with Gasteiger partial charge in [-0.3, -0.25) is 8.97 Å². The highest BCUT2D eigenvalue weighted by Gasteiger charge is 2.37. The van der Waals surface area contributed by atoms with Crippen LogP contribution in [0.3, 0.4) is 0 Å². The SMILES string of the molecule is OC[C@@H]1C[C@@H](F)[C@H](n2cnc3c2ncn2ccnc32)O1. The van der Waals surface area contributed by atoms with Gasteiger partial charge in [-0.1, -0.05) is 0 Å². The summed E-state index contributed by atoms with van der Waals surface area (Å²) in [5.74, 6) is 0. The molecule has 1 saturated heterocycles. The molecule has 4 heterocycles. The van der Waals surface area contributed by atoms with E-state index in [1.165, 1.54) is 6.33 Å². The highest BCUT2D eigenvalue weighted by molar-refractivity contribution is 5.85. The number of nitrogens with zero attached hydrogens (tertiary/aromatic N) is 5. The van der Waals surface area contributed by atoms with Gasteiger partial charge in [0.05, 0.1) is 19.0 Å². The standard InChI is InChI=1S/C12H12FN5O2/c13-8-3-7(4-19)20-12(8)18-6-15-9-10-14-1-2-17(10)5-16-11(9)18/h1-2,5-8,12,19H,3-4H2/t7-,8+,12+/m0/s1. The normalized spacial score (nSPS) is 26.8. The molecule has 104 valence electrons. The zero-order valence-corrected chi connectivity index (χ0v) is 10.4. The Labute approximate surface area is 112 Å². The number of rotatable bonds is 2. The number of halogens is 1. The zero-order valence-electron chi connectivity index (χ0n) is 10.4. The third-order valence-electron chi connectivity index (χ3n) is 3.56. The third kappa shape index (κ3) is 1.55. The first-order valence-electron chi connectivity index (χ1n) is 6.32. The lowest BCUT2D eigenvalue weighted by Gasteiger charge is -2.15. The molecule has 0 bridgehead atoms. The fourth-order valence-electron chi connectivity index (χ4n) is 2.60. The molecule has 7 nitrogen and oxygen atoms in total. The van der Waals surface area contributed by atoms with E-state index in [1.54, 1.807) is 27.7 Å². The third-order valence-corrected chi connectivity index (χ3v) is 3.56. The molecular formula is C12H12FN5O2. The van der Waals surface area contributed by atoms with E-state index >= 15 is 0 Å². The van der Waals surface area contributed by atoms with Crippen molar-refractivity contribution in [3.8, 4) is 0 Å². The van der Waals surface area contributed by atoms with Gasteiger partial charge in [0.1, 0.15) is 12.5 Å². The van der Waals surface area contributed by atoms with Gasteiger partial charge in [-0.2, -0.15) is 0 Å². The Hall–Kier alpha value is -2.06. The van der Waals surface area contributed by atoms with Gasteiger partial charge in [-0.25, -0.2) is 19.3 Å². The van der Waals surface area contributed by atoms with Crippen molar-refractivity contribution < 1.29 is 14.2 Å². The minimum Gasteiger partial charge on any atom is -0.394 e. The van der Waals surface area contributed by atoms with Crippen LogP contribution in [-0.4, -0.2) is 47.9 Å². The van der Waals surface area contributed by atoms with E-state index in [9.17, 15) is 4.39 Å². The Morgan fingerprint density at radius 3 is 3.00 bits per heavy atom. The van der Waals surface area contributed by atoms with Crippen LogP contribution in [0.15, 0.2) is 25.0 Å². The lowest BCUT2D eigenvalue weighted by atomic mass is 10.2. The van der Waals surface area contributed by atoms with E-state index in [1.807, 2.05) is 0 Å². The van der Waals surface area contributed by atoms with Crippen LogP contribution in [0.25, 0.3) is 16.8 Å². The first kappa shape index (κ1) is 11.7. The largest absolute Gasteiger partial charge is 0.394 e. The average molecular weight is 277 g/mol. The van der Waals surface area contributed by atoms with Gasteiger partial charge in [-0.15, -0.1) is 0 Å². The summed E-state index contributed by atoms with van der Waals surface area (Å²) in [7, 11) is 0. The van der Waals surface area contributed by atoms with Crippen molar-refractivity contribution in [2.75, 3.05) is 6.61 Å². The van der Waals surface area contributed by atoms with Crippen LogP contribution in [0.5, 0.6) is 0 Å². The molecule has 4 rings (SSSR count). The maximum atomic E-state index is 14.0. The topological polar surface area (TPSA) is 77.5 Å². The first-order chi connectivity index (χ1) is 9.78. The summed E-state index contributed by atoms with van der Waals surface area (Å²) < 4.78 is 22.8. The molecule has 3 atom stereocenters. The van der Waals surface area contributed by atoms with E-state index in [0.717, 1.165) is 0 Å². The number of alkyl halides is 1. The highest BCUT2D eigenvalue weighted by Crippen LogP contribution is 2.33. The first-order valence-corrected chi connectivity index (χ1v) is 6.32. The molecule has 0 aliphatic carbocycles. The Balaban J connectivity index is 1.84. The predicted octanol–water partition coefficient (Wildman–Crippen LogP) is 0.697. The summed E-state index contributed by atoms with van der Waals surface area (Å²) in [5.41, 5.74) is 1.79. The van der Waals surface area contributed by atoms with Crippen molar-refractivity contribution in [3.05, 3.63) is 25.0 Å². The highest BCUT2D eigenvalue weighted by atomic mass is 19.1. The summed E-state index contributed by atoms with van der Waals surface area (Å²) in [6.45, 7) is -0.193. The number of aliphatic hydroxyl groups excluding tert-OH is 1. The van der Waals surface area contributed by atoms with E-state index in [2.05, 4.69) is 15.0 Å². The molecule has 1 aliphatic rings. The predicted molar refractivity (Wildman–Crippen MR) is 66.8 cm³/mol. The fraction of sp³-hybridized carbons (Fsp3) is 0.417. The maximum absolute atomic E-state index is 14.0. The van der Waals surface area contributed by atoms with Crippen molar-refractivity contribution in [3.63, 3.8) is 0 Å². The molecule has 1 aliphatic heterocycles. The molecule has 0 aromatic carbocycles. The van der Waals surface area contributed by atoms with Crippen molar-refractivity contribution in [2.45, 2.75) is 24.9 Å². The van der Waals surface area contributed by atoms with Crippen LogP contribution >= 0.6 is 0 Å². The van der Waals surface area contributed by atoms with Crippen LogP contribution in [0.1, 0.15) is 12.6 Å². The number of hydrogen-bond acceptors (Lipinski definition) is 5. The summed E-state index contributed by atoms with van der Waals surface area (Å²) in [4.78, 5) is 12.8. The smallest absolute Gasteiger partial charge is 0.168 e. The lowest BCUT2D eigenvalue weighted by Crippen LogP contribution is -2.16. The van der Waals surface area contributed by atoms with Crippen molar-refractivity contribution >= 4 is 16.8 Å². The fourth-order valence-corrected chi connectivity index (χ4v) is 2.60. The quantitative estimate of drug-likeness (QED) is 0.746. The second kappa shape index (κ2) is 4.22. The van der Waals surface area contributed by atoms with E-state index < -0.39 is 18.5 Å². The second-order valence-electron chi connectivity index (χ2n) is 4.81. The summed E-state index contributed by atoms with van der Waals surface area (Å²) >= 11 is 0. The van der Waals surface area contributed by atoms with Crippen LogP contribution in [0.4, 0.5) is 4.39 Å². The average Bonchev–Trinajstić information content (AvgIpc) is 3.13. The summed E-state index contributed by atoms with van der Waals surface area (Å²) in [6, 6.07) is 0. The minimum atomic E-state index is -1.19. The Morgan fingerprint density at radius 1 is 1.30 bits per heavy atom. The number of aliphatic hydroxyl groups is 1. The van der Waals surface area contributed by atoms with Crippen LogP contribution in [0.2, 0.25) is 0 Å². The Bertz CT molecular complexity index is 769. The van der Waals surface area contributed by atoms with E-state index in [0.29, 0.717) is 16.8 Å². The van der Waals surface area contributed by atoms with Crippen molar-refractivity contribution in [1.82, 2.24) is 23.9 Å². The summed E-state index contributed by atoms with van der Waals surface area (Å²) in [5, 5.41) is 9.08. The number of hydrogen-bond donors (Lipinski definition) is 1. The Kier molecular flexibility index (Phi) is 2.48. The van der Waals surface area contributed by atoms with E-state index in [4.69, 9.17) is 9.84 Å². The van der Waals surface area contributed by atoms with Gasteiger partial charge >= 0.3 is 0 Å². The van der Waals surface area contributed by atoms with Gasteiger partial charge in [0.2, 0.25) is 0 Å². The molecule has 3 aromatic rings. The molecule has 1 fully saturated rings. The second-order valence-corrected chi connectivity index (χ2v) is 4.81. The minimum absolute atomic E-state index is 0.173. The van der Waals surface area contributed by atoms with Gasteiger partial charge < -0.3 is 9.84 Å². The van der Waals surface area contributed by atoms with Crippen LogP contribution < -0.4 is 0 Å². The number of imidazole rings is 2. The number of aromatic nitrogens is 5. The monoisotopic (exact) mass is 277 g/mol. The molecule has 0 unspecified atom stereocenters.